The molecule has 0 saturated heterocycles. The van der Waals surface area contributed by atoms with Crippen LogP contribution in [0.1, 0.15) is 20.8 Å². The fourth-order valence-corrected chi connectivity index (χ4v) is 1.80. The van der Waals surface area contributed by atoms with E-state index in [1.165, 1.54) is 0 Å². The second-order valence-electron chi connectivity index (χ2n) is 3.87. The molecule has 0 aromatic heterocycles. The maximum absolute atomic E-state index is 11.4. The van der Waals surface area contributed by atoms with Crippen LogP contribution in [0.5, 0.6) is 0 Å². The number of hydrogen-bond acceptors (Lipinski definition) is 4. The van der Waals surface area contributed by atoms with Gasteiger partial charge in [0.25, 0.3) is 0 Å². The van der Waals surface area contributed by atoms with Crippen molar-refractivity contribution in [1.29, 1.82) is 0 Å². The average molecular weight is 239 g/mol. The minimum Gasteiger partial charge on any atom is -0.396 e. The molecule has 1 atom stereocenters. The Morgan fingerprint density at radius 2 is 1.93 bits per heavy atom. The highest BCUT2D eigenvalue weighted by Crippen LogP contribution is 1.94. The van der Waals surface area contributed by atoms with Crippen molar-refractivity contribution in [2.45, 2.75) is 26.9 Å². The van der Waals surface area contributed by atoms with E-state index < -0.39 is 10.0 Å². The summed E-state index contributed by atoms with van der Waals surface area (Å²) in [5.41, 5.74) is 0. The minimum absolute atomic E-state index is 0.0228. The number of hydrogen-bond donors (Lipinski definition) is 2. The van der Waals surface area contributed by atoms with Crippen LogP contribution < -0.4 is 4.72 Å². The third-order valence-electron chi connectivity index (χ3n) is 1.77. The first-order chi connectivity index (χ1) is 6.87. The van der Waals surface area contributed by atoms with Crippen molar-refractivity contribution in [1.82, 2.24) is 4.72 Å². The molecule has 0 rings (SSSR count). The maximum Gasteiger partial charge on any atom is 0.213 e. The zero-order valence-corrected chi connectivity index (χ0v) is 10.4. The fourth-order valence-electron chi connectivity index (χ4n) is 0.799. The lowest BCUT2D eigenvalue weighted by molar-refractivity contribution is 0.0911. The first-order valence-electron chi connectivity index (χ1n) is 5.07. The van der Waals surface area contributed by atoms with Crippen LogP contribution in [-0.2, 0) is 14.8 Å². The van der Waals surface area contributed by atoms with Gasteiger partial charge in [0.15, 0.2) is 0 Å². The summed E-state index contributed by atoms with van der Waals surface area (Å²) in [6.07, 6.45) is 0.0385. The molecule has 5 nitrogen and oxygen atoms in total. The highest BCUT2D eigenvalue weighted by Gasteiger charge is 2.11. The van der Waals surface area contributed by atoms with Gasteiger partial charge < -0.3 is 9.84 Å². The van der Waals surface area contributed by atoms with Gasteiger partial charge in [0.2, 0.25) is 10.0 Å². The lowest BCUT2D eigenvalue weighted by Gasteiger charge is -2.11. The summed E-state index contributed by atoms with van der Waals surface area (Å²) in [4.78, 5) is 0. The van der Waals surface area contributed by atoms with Crippen LogP contribution in [-0.4, -0.2) is 45.1 Å². The predicted octanol–water partition coefficient (Wildman–Crippen LogP) is -0.0408. The normalized spacial score (nSPS) is 14.5. The lowest BCUT2D eigenvalue weighted by atomic mass is 10.2. The SMILES string of the molecule is CC(CO)CNS(=O)(=O)CCOC(C)C. The highest BCUT2D eigenvalue weighted by molar-refractivity contribution is 7.89. The second kappa shape index (κ2) is 7.16. The molecule has 0 saturated carbocycles. The molecule has 0 spiro atoms. The smallest absolute Gasteiger partial charge is 0.213 e. The number of nitrogens with one attached hydrogen (secondary N) is 1. The van der Waals surface area contributed by atoms with E-state index in [9.17, 15) is 8.42 Å². The van der Waals surface area contributed by atoms with E-state index in [1.807, 2.05) is 13.8 Å². The maximum atomic E-state index is 11.4. The summed E-state index contributed by atoms with van der Waals surface area (Å²) in [7, 11) is -3.27. The zero-order chi connectivity index (χ0) is 11.9. The molecular formula is C9H21NO4S. The van der Waals surface area contributed by atoms with E-state index in [-0.39, 0.29) is 37.5 Å². The van der Waals surface area contributed by atoms with Crippen molar-refractivity contribution in [3.05, 3.63) is 0 Å². The molecule has 0 radical (unpaired) electrons. The van der Waals surface area contributed by atoms with Crippen molar-refractivity contribution in [3.63, 3.8) is 0 Å². The monoisotopic (exact) mass is 239 g/mol. The van der Waals surface area contributed by atoms with E-state index >= 15 is 0 Å². The first kappa shape index (κ1) is 14.8. The number of aliphatic hydroxyl groups excluding tert-OH is 1. The summed E-state index contributed by atoms with van der Waals surface area (Å²) in [6.45, 7) is 5.92. The van der Waals surface area contributed by atoms with E-state index in [2.05, 4.69) is 4.72 Å². The Kier molecular flexibility index (Phi) is 7.08. The molecule has 0 heterocycles. The van der Waals surface area contributed by atoms with E-state index in [4.69, 9.17) is 9.84 Å². The molecule has 0 aromatic rings. The number of rotatable bonds is 8. The molecule has 0 amide bonds. The number of sulfonamides is 1. The molecule has 0 aromatic carbocycles. The summed E-state index contributed by atoms with van der Waals surface area (Å²) < 4.78 is 30.3. The van der Waals surface area contributed by atoms with Gasteiger partial charge in [0.05, 0.1) is 18.5 Å². The van der Waals surface area contributed by atoms with Gasteiger partial charge >= 0.3 is 0 Å². The molecular weight excluding hydrogens is 218 g/mol. The summed E-state index contributed by atoms with van der Waals surface area (Å²) in [5.74, 6) is -0.102. The van der Waals surface area contributed by atoms with Gasteiger partial charge in [-0.3, -0.25) is 0 Å². The summed E-state index contributed by atoms with van der Waals surface area (Å²) in [5, 5.41) is 8.72. The van der Waals surface area contributed by atoms with Crippen molar-refractivity contribution < 1.29 is 18.3 Å². The van der Waals surface area contributed by atoms with Crippen molar-refractivity contribution in [3.8, 4) is 0 Å². The topological polar surface area (TPSA) is 75.6 Å². The molecule has 0 fully saturated rings. The highest BCUT2D eigenvalue weighted by atomic mass is 32.2. The Balaban J connectivity index is 3.78. The minimum atomic E-state index is -3.27. The molecule has 92 valence electrons. The van der Waals surface area contributed by atoms with E-state index in [1.54, 1.807) is 6.92 Å². The van der Waals surface area contributed by atoms with Crippen LogP contribution in [0.2, 0.25) is 0 Å². The Bertz CT molecular complexity index is 251. The Morgan fingerprint density at radius 1 is 1.33 bits per heavy atom. The summed E-state index contributed by atoms with van der Waals surface area (Å²) in [6, 6.07) is 0. The van der Waals surface area contributed by atoms with Crippen molar-refractivity contribution >= 4 is 10.0 Å². The quantitative estimate of drug-likeness (QED) is 0.623. The first-order valence-corrected chi connectivity index (χ1v) is 6.72. The molecule has 2 N–H and O–H groups in total. The Labute approximate surface area is 91.9 Å². The van der Waals surface area contributed by atoms with E-state index in [0.717, 1.165) is 0 Å². The van der Waals surface area contributed by atoms with Gasteiger partial charge in [0.1, 0.15) is 0 Å². The van der Waals surface area contributed by atoms with Gasteiger partial charge in [-0.1, -0.05) is 6.92 Å². The molecule has 0 aliphatic rings. The average Bonchev–Trinajstić information content (AvgIpc) is 2.13. The third-order valence-corrected chi connectivity index (χ3v) is 3.08. The van der Waals surface area contributed by atoms with Gasteiger partial charge in [-0.25, -0.2) is 13.1 Å². The zero-order valence-electron chi connectivity index (χ0n) is 9.56. The molecule has 6 heteroatoms. The van der Waals surface area contributed by atoms with Gasteiger partial charge in [-0.15, -0.1) is 0 Å². The number of ether oxygens (including phenoxy) is 1. The van der Waals surface area contributed by atoms with Crippen LogP contribution >= 0.6 is 0 Å². The Hall–Kier alpha value is -0.170. The van der Waals surface area contributed by atoms with E-state index in [0.29, 0.717) is 0 Å². The van der Waals surface area contributed by atoms with Crippen molar-refractivity contribution in [2.24, 2.45) is 5.92 Å². The van der Waals surface area contributed by atoms with Crippen LogP contribution in [0.4, 0.5) is 0 Å². The molecule has 0 bridgehead atoms. The standard InChI is InChI=1S/C9H21NO4S/c1-8(2)14-4-5-15(12,13)10-6-9(3)7-11/h8-11H,4-7H2,1-3H3. The Morgan fingerprint density at radius 3 is 2.40 bits per heavy atom. The van der Waals surface area contributed by atoms with Gasteiger partial charge in [-0.05, 0) is 19.8 Å². The van der Waals surface area contributed by atoms with Crippen molar-refractivity contribution in [2.75, 3.05) is 25.5 Å². The number of aliphatic hydroxyl groups is 1. The lowest BCUT2D eigenvalue weighted by Crippen LogP contribution is -2.33. The van der Waals surface area contributed by atoms with Gasteiger partial charge in [0, 0.05) is 13.2 Å². The molecule has 15 heavy (non-hydrogen) atoms. The fraction of sp³-hybridized carbons (Fsp3) is 1.00. The molecule has 0 aliphatic heterocycles. The summed E-state index contributed by atoms with van der Waals surface area (Å²) >= 11 is 0. The molecule has 1 unspecified atom stereocenters. The third kappa shape index (κ3) is 8.80. The van der Waals surface area contributed by atoms with Crippen LogP contribution in [0, 0.1) is 5.92 Å². The second-order valence-corrected chi connectivity index (χ2v) is 5.80. The van der Waals surface area contributed by atoms with Gasteiger partial charge in [-0.2, -0.15) is 0 Å². The van der Waals surface area contributed by atoms with Crippen LogP contribution in [0.25, 0.3) is 0 Å². The van der Waals surface area contributed by atoms with Crippen LogP contribution in [0.15, 0.2) is 0 Å². The largest absolute Gasteiger partial charge is 0.396 e. The van der Waals surface area contributed by atoms with Crippen LogP contribution in [0.3, 0.4) is 0 Å². The molecule has 0 aliphatic carbocycles. The predicted molar refractivity (Wildman–Crippen MR) is 59.1 cm³/mol.